The highest BCUT2D eigenvalue weighted by Gasteiger charge is 2.21. The van der Waals surface area contributed by atoms with Gasteiger partial charge in [-0.05, 0) is 24.3 Å². The molecule has 0 saturated carbocycles. The van der Waals surface area contributed by atoms with Gasteiger partial charge in [-0.1, -0.05) is 0 Å². The average Bonchev–Trinajstić information content (AvgIpc) is 2.39. The van der Waals surface area contributed by atoms with Crippen LogP contribution in [0.1, 0.15) is 0 Å². The van der Waals surface area contributed by atoms with Crippen molar-refractivity contribution in [2.24, 2.45) is 27.2 Å². The molecule has 0 aliphatic carbocycles. The second kappa shape index (κ2) is 6.00. The molecule has 114 valence electrons. The largest absolute Gasteiger partial charge is 0.370 e. The molecule has 0 aromatic heterocycles. The van der Waals surface area contributed by atoms with Crippen molar-refractivity contribution in [1.29, 1.82) is 0 Å². The summed E-state index contributed by atoms with van der Waals surface area (Å²) in [6.07, 6.45) is 0. The smallest absolute Gasteiger partial charge is 0.223 e. The highest BCUT2D eigenvalue weighted by atomic mass is 32.2. The molecule has 0 radical (unpaired) electrons. The van der Waals surface area contributed by atoms with E-state index in [1.165, 1.54) is 0 Å². The number of guanidine groups is 2. The van der Waals surface area contributed by atoms with E-state index in [-0.39, 0.29) is 23.4 Å². The van der Waals surface area contributed by atoms with Crippen LogP contribution in [0.25, 0.3) is 0 Å². The van der Waals surface area contributed by atoms with E-state index in [2.05, 4.69) is 9.98 Å². The van der Waals surface area contributed by atoms with E-state index in [0.29, 0.717) is 18.8 Å². The first-order valence-electron chi connectivity index (χ1n) is 6.35. The van der Waals surface area contributed by atoms with Crippen LogP contribution in [-0.2, 0) is 9.84 Å². The Morgan fingerprint density at radius 1 is 1.05 bits per heavy atom. The van der Waals surface area contributed by atoms with Crippen molar-refractivity contribution in [1.82, 2.24) is 0 Å². The molecule has 0 atom stereocenters. The summed E-state index contributed by atoms with van der Waals surface area (Å²) in [5, 5.41) is 0. The van der Waals surface area contributed by atoms with Crippen LogP contribution in [0.15, 0.2) is 34.3 Å². The summed E-state index contributed by atoms with van der Waals surface area (Å²) in [5.74, 6) is 0.198. The molecule has 21 heavy (non-hydrogen) atoms. The number of hydrogen-bond acceptors (Lipinski definition) is 4. The molecule has 1 heterocycles. The fraction of sp³-hybridized carbons (Fsp3) is 0.333. The molecule has 6 N–H and O–H groups in total. The van der Waals surface area contributed by atoms with Crippen LogP contribution in [0, 0.1) is 0 Å². The summed E-state index contributed by atoms with van der Waals surface area (Å²) in [6.45, 7) is 1.00. The van der Waals surface area contributed by atoms with E-state index in [9.17, 15) is 8.42 Å². The Hall–Kier alpha value is -2.29. The molecular formula is C12H18N6O2S. The number of hydrogen-bond donors (Lipinski definition) is 3. The highest BCUT2D eigenvalue weighted by Crippen LogP contribution is 2.21. The summed E-state index contributed by atoms with van der Waals surface area (Å²) in [6, 6.07) is 7.26. The van der Waals surface area contributed by atoms with Crippen molar-refractivity contribution >= 4 is 33.1 Å². The Labute approximate surface area is 123 Å². The van der Waals surface area contributed by atoms with Crippen LogP contribution in [-0.4, -0.2) is 44.9 Å². The quantitative estimate of drug-likeness (QED) is 0.479. The van der Waals surface area contributed by atoms with Gasteiger partial charge >= 0.3 is 0 Å². The topological polar surface area (TPSA) is 140 Å². The number of anilines is 1. The molecule has 8 nitrogen and oxygen atoms in total. The van der Waals surface area contributed by atoms with Gasteiger partial charge in [0.1, 0.15) is 0 Å². The molecule has 1 aromatic carbocycles. The molecule has 0 unspecified atom stereocenters. The molecule has 1 saturated heterocycles. The van der Waals surface area contributed by atoms with Crippen LogP contribution in [0.2, 0.25) is 0 Å². The molecule has 2 rings (SSSR count). The molecule has 1 fully saturated rings. The lowest BCUT2D eigenvalue weighted by molar-refractivity contribution is 0.587. The van der Waals surface area contributed by atoms with Crippen LogP contribution >= 0.6 is 0 Å². The van der Waals surface area contributed by atoms with Crippen molar-refractivity contribution in [3.63, 3.8) is 0 Å². The van der Waals surface area contributed by atoms with Crippen LogP contribution in [0.4, 0.5) is 11.4 Å². The van der Waals surface area contributed by atoms with Gasteiger partial charge in [-0.2, -0.15) is 4.99 Å². The predicted octanol–water partition coefficient (Wildman–Crippen LogP) is -0.859. The Balaban J connectivity index is 2.08. The first-order chi connectivity index (χ1) is 9.85. The van der Waals surface area contributed by atoms with Gasteiger partial charge < -0.3 is 22.1 Å². The maximum absolute atomic E-state index is 11.4. The third-order valence-corrected chi connectivity index (χ3v) is 4.66. The van der Waals surface area contributed by atoms with E-state index in [4.69, 9.17) is 17.2 Å². The van der Waals surface area contributed by atoms with Gasteiger partial charge in [0.25, 0.3) is 0 Å². The summed E-state index contributed by atoms with van der Waals surface area (Å²) in [4.78, 5) is 9.69. The molecule has 1 aromatic rings. The Morgan fingerprint density at radius 3 is 2.14 bits per heavy atom. The van der Waals surface area contributed by atoms with Crippen LogP contribution in [0.3, 0.4) is 0 Å². The minimum atomic E-state index is -2.88. The molecule has 1 aliphatic rings. The second-order valence-corrected chi connectivity index (χ2v) is 6.97. The van der Waals surface area contributed by atoms with E-state index < -0.39 is 9.84 Å². The van der Waals surface area contributed by atoms with Gasteiger partial charge in [-0.3, -0.25) is 0 Å². The predicted molar refractivity (Wildman–Crippen MR) is 84.4 cm³/mol. The maximum atomic E-state index is 11.4. The summed E-state index contributed by atoms with van der Waals surface area (Å²) in [5.41, 5.74) is 17.5. The lowest BCUT2D eigenvalue weighted by Crippen LogP contribution is -2.40. The van der Waals surface area contributed by atoms with E-state index >= 15 is 0 Å². The molecule has 1 aliphatic heterocycles. The van der Waals surface area contributed by atoms with Gasteiger partial charge in [0, 0.05) is 18.8 Å². The van der Waals surface area contributed by atoms with Crippen molar-refractivity contribution < 1.29 is 8.42 Å². The van der Waals surface area contributed by atoms with Crippen molar-refractivity contribution in [2.75, 3.05) is 29.5 Å². The summed E-state index contributed by atoms with van der Waals surface area (Å²) < 4.78 is 22.8. The van der Waals surface area contributed by atoms with Crippen molar-refractivity contribution in [3.05, 3.63) is 24.3 Å². The summed E-state index contributed by atoms with van der Waals surface area (Å²) >= 11 is 0. The molecular weight excluding hydrogens is 292 g/mol. The van der Waals surface area contributed by atoms with Crippen LogP contribution < -0.4 is 22.1 Å². The summed E-state index contributed by atoms with van der Waals surface area (Å²) in [7, 11) is -2.88. The number of sulfone groups is 1. The monoisotopic (exact) mass is 310 g/mol. The van der Waals surface area contributed by atoms with Gasteiger partial charge in [0.15, 0.2) is 15.8 Å². The van der Waals surface area contributed by atoms with Crippen molar-refractivity contribution in [2.45, 2.75) is 0 Å². The number of benzene rings is 1. The standard InChI is InChI=1S/C12H18N6O2S/c13-11(14)17-12(15)16-9-1-3-10(4-2-9)18-5-7-21(19,20)8-6-18/h1-4H,5-8H2,(H6,13,14,15,16,17). The normalized spacial score (nSPS) is 18.3. The highest BCUT2D eigenvalue weighted by molar-refractivity contribution is 7.91. The van der Waals surface area contributed by atoms with Gasteiger partial charge in [-0.15, -0.1) is 0 Å². The third kappa shape index (κ3) is 4.35. The SMILES string of the molecule is NC(N)=NC(N)=Nc1ccc(N2CCS(=O)(=O)CC2)cc1. The van der Waals surface area contributed by atoms with E-state index in [1.54, 1.807) is 12.1 Å². The number of nitrogens with two attached hydrogens (primary N) is 3. The lowest BCUT2D eigenvalue weighted by atomic mass is 10.2. The van der Waals surface area contributed by atoms with E-state index in [0.717, 1.165) is 5.69 Å². The fourth-order valence-corrected chi connectivity index (χ4v) is 3.20. The van der Waals surface area contributed by atoms with Crippen molar-refractivity contribution in [3.8, 4) is 0 Å². The Kier molecular flexibility index (Phi) is 4.32. The molecule has 0 bridgehead atoms. The fourth-order valence-electron chi connectivity index (χ4n) is 2.00. The molecule has 0 spiro atoms. The van der Waals surface area contributed by atoms with E-state index in [1.807, 2.05) is 17.0 Å². The first-order valence-corrected chi connectivity index (χ1v) is 8.17. The Morgan fingerprint density at radius 2 is 1.62 bits per heavy atom. The lowest BCUT2D eigenvalue weighted by Gasteiger charge is -2.28. The molecule has 0 amide bonds. The minimum absolute atomic E-state index is 0.0215. The minimum Gasteiger partial charge on any atom is -0.370 e. The number of nitrogens with zero attached hydrogens (tertiary/aromatic N) is 3. The van der Waals surface area contributed by atoms with Gasteiger partial charge in [0.2, 0.25) is 5.96 Å². The zero-order valence-electron chi connectivity index (χ0n) is 11.4. The number of aliphatic imine (C=N–C) groups is 2. The Bertz CT molecular complexity index is 647. The zero-order valence-corrected chi connectivity index (χ0v) is 12.3. The second-order valence-electron chi connectivity index (χ2n) is 4.66. The van der Waals surface area contributed by atoms with Gasteiger partial charge in [-0.25, -0.2) is 13.4 Å². The molecule has 9 heteroatoms. The maximum Gasteiger partial charge on any atom is 0.223 e. The zero-order chi connectivity index (χ0) is 15.5. The van der Waals surface area contributed by atoms with Gasteiger partial charge in [0.05, 0.1) is 17.2 Å². The number of rotatable bonds is 2. The average molecular weight is 310 g/mol. The third-order valence-electron chi connectivity index (χ3n) is 3.05. The van der Waals surface area contributed by atoms with Crippen LogP contribution in [0.5, 0.6) is 0 Å². The first kappa shape index (κ1) is 15.1.